The number of carbonyl (C=O) groups excluding carboxylic acids is 2. The van der Waals surface area contributed by atoms with Gasteiger partial charge in [0.2, 0.25) is 5.91 Å². The van der Waals surface area contributed by atoms with Gasteiger partial charge in [0.1, 0.15) is 5.75 Å². The highest BCUT2D eigenvalue weighted by Crippen LogP contribution is 2.22. The first-order valence-corrected chi connectivity index (χ1v) is 6.92. The maximum absolute atomic E-state index is 12.1. The van der Waals surface area contributed by atoms with Crippen LogP contribution in [0.2, 0.25) is 0 Å². The minimum atomic E-state index is -0.432. The molecular weight excluding hydrogens is 308 g/mol. The van der Waals surface area contributed by atoms with Gasteiger partial charge in [-0.05, 0) is 43.7 Å². The molecule has 1 heterocycles. The molecule has 6 nitrogen and oxygen atoms in total. The van der Waals surface area contributed by atoms with Crippen LogP contribution in [-0.2, 0) is 14.3 Å². The number of amides is 1. The van der Waals surface area contributed by atoms with Crippen LogP contribution in [0.15, 0.2) is 18.2 Å². The molecule has 1 aliphatic heterocycles. The Labute approximate surface area is 136 Å². The van der Waals surface area contributed by atoms with E-state index in [1.54, 1.807) is 18.2 Å². The molecule has 22 heavy (non-hydrogen) atoms. The molecule has 1 saturated heterocycles. The first-order valence-electron chi connectivity index (χ1n) is 6.92. The molecule has 0 aromatic heterocycles. The Morgan fingerprint density at radius 1 is 1.41 bits per heavy atom. The van der Waals surface area contributed by atoms with Gasteiger partial charge in [-0.3, -0.25) is 4.79 Å². The summed E-state index contributed by atoms with van der Waals surface area (Å²) in [5.74, 6) is 0.197. The van der Waals surface area contributed by atoms with E-state index in [2.05, 4.69) is 15.4 Å². The number of ether oxygens (including phenoxy) is 2. The molecule has 122 valence electrons. The Balaban J connectivity index is 0.00000242. The molecule has 2 rings (SSSR count). The first kappa shape index (κ1) is 18.3. The Morgan fingerprint density at radius 3 is 2.77 bits per heavy atom. The van der Waals surface area contributed by atoms with Crippen molar-refractivity contribution < 1.29 is 19.1 Å². The van der Waals surface area contributed by atoms with Crippen LogP contribution in [-0.4, -0.2) is 38.7 Å². The van der Waals surface area contributed by atoms with Gasteiger partial charge in [-0.15, -0.1) is 12.4 Å². The lowest BCUT2D eigenvalue weighted by atomic mass is 10.1. The second-order valence-electron chi connectivity index (χ2n) is 5.02. The van der Waals surface area contributed by atoms with Crippen LogP contribution in [0.3, 0.4) is 0 Å². The molecule has 0 saturated carbocycles. The fourth-order valence-corrected chi connectivity index (χ4v) is 2.18. The number of aryl methyl sites for hydroxylation is 1. The summed E-state index contributed by atoms with van der Waals surface area (Å²) < 4.78 is 9.81. The lowest BCUT2D eigenvalue weighted by Gasteiger charge is -2.13. The van der Waals surface area contributed by atoms with E-state index in [0.717, 1.165) is 30.8 Å². The summed E-state index contributed by atoms with van der Waals surface area (Å²) in [5, 5.41) is 6.10. The van der Waals surface area contributed by atoms with E-state index in [0.29, 0.717) is 5.75 Å². The molecule has 1 aliphatic rings. The summed E-state index contributed by atoms with van der Waals surface area (Å²) in [6, 6.07) is 5.28. The highest BCUT2D eigenvalue weighted by atomic mass is 35.5. The smallest absolute Gasteiger partial charge is 0.343 e. The molecule has 1 atom stereocenters. The number of rotatable bonds is 5. The Hall–Kier alpha value is -1.79. The monoisotopic (exact) mass is 328 g/mol. The van der Waals surface area contributed by atoms with Gasteiger partial charge in [0.05, 0.1) is 13.0 Å². The maximum Gasteiger partial charge on any atom is 0.343 e. The van der Waals surface area contributed by atoms with Crippen molar-refractivity contribution in [3.05, 3.63) is 23.8 Å². The second kappa shape index (κ2) is 8.60. The third-order valence-electron chi connectivity index (χ3n) is 3.47. The van der Waals surface area contributed by atoms with Crippen LogP contribution in [0.4, 0.5) is 5.69 Å². The van der Waals surface area contributed by atoms with E-state index in [-0.39, 0.29) is 30.8 Å². The lowest BCUT2D eigenvalue weighted by molar-refractivity contribution is -0.142. The van der Waals surface area contributed by atoms with Gasteiger partial charge in [-0.25, -0.2) is 4.79 Å². The second-order valence-corrected chi connectivity index (χ2v) is 5.02. The average molecular weight is 329 g/mol. The molecule has 0 aliphatic carbocycles. The lowest BCUT2D eigenvalue weighted by Crippen LogP contribution is -2.24. The number of anilines is 1. The van der Waals surface area contributed by atoms with Crippen molar-refractivity contribution in [2.45, 2.75) is 13.3 Å². The zero-order valence-electron chi connectivity index (χ0n) is 12.7. The summed E-state index contributed by atoms with van der Waals surface area (Å²) in [6.07, 6.45) is 0.866. The zero-order chi connectivity index (χ0) is 15.2. The summed E-state index contributed by atoms with van der Waals surface area (Å²) in [4.78, 5) is 23.1. The van der Waals surface area contributed by atoms with Crippen LogP contribution >= 0.6 is 12.4 Å². The van der Waals surface area contributed by atoms with E-state index in [9.17, 15) is 9.59 Å². The van der Waals surface area contributed by atoms with Gasteiger partial charge >= 0.3 is 5.97 Å². The third kappa shape index (κ3) is 4.89. The third-order valence-corrected chi connectivity index (χ3v) is 3.47. The molecule has 2 N–H and O–H groups in total. The SMILES string of the molecule is COC(=O)COc1ccc(NC(=O)C2CCNC2)c(C)c1.Cl. The molecular formula is C15H21ClN2O4. The van der Waals surface area contributed by atoms with Gasteiger partial charge in [0, 0.05) is 12.2 Å². The van der Waals surface area contributed by atoms with Crippen molar-refractivity contribution in [1.82, 2.24) is 5.32 Å². The van der Waals surface area contributed by atoms with Crippen molar-refractivity contribution in [2.24, 2.45) is 5.92 Å². The number of hydrogen-bond donors (Lipinski definition) is 2. The van der Waals surface area contributed by atoms with Crippen LogP contribution in [0.25, 0.3) is 0 Å². The Kier molecular flexibility index (Phi) is 7.14. The highest BCUT2D eigenvalue weighted by molar-refractivity contribution is 5.93. The summed E-state index contributed by atoms with van der Waals surface area (Å²) in [6.45, 7) is 3.37. The fraction of sp³-hybridized carbons (Fsp3) is 0.467. The number of esters is 1. The maximum atomic E-state index is 12.1. The molecule has 7 heteroatoms. The summed E-state index contributed by atoms with van der Waals surface area (Å²) in [7, 11) is 1.31. The van der Waals surface area contributed by atoms with Crippen LogP contribution in [0.1, 0.15) is 12.0 Å². The average Bonchev–Trinajstić information content (AvgIpc) is 3.01. The van der Waals surface area contributed by atoms with E-state index in [4.69, 9.17) is 4.74 Å². The molecule has 1 aromatic rings. The minimum absolute atomic E-state index is 0. The molecule has 0 bridgehead atoms. The standard InChI is InChI=1S/C15H20N2O4.ClH/c1-10-7-12(21-9-14(18)20-2)3-4-13(10)17-15(19)11-5-6-16-8-11;/h3-4,7,11,16H,5-6,8-9H2,1-2H3,(H,17,19);1H. The largest absolute Gasteiger partial charge is 0.482 e. The fourth-order valence-electron chi connectivity index (χ4n) is 2.18. The molecule has 1 fully saturated rings. The number of benzene rings is 1. The van der Waals surface area contributed by atoms with Gasteiger partial charge in [0.25, 0.3) is 0 Å². The van der Waals surface area contributed by atoms with Gasteiger partial charge in [-0.1, -0.05) is 0 Å². The molecule has 0 spiro atoms. The number of methoxy groups -OCH3 is 1. The normalized spacial score (nSPS) is 16.5. The van der Waals surface area contributed by atoms with Gasteiger partial charge in [0.15, 0.2) is 6.61 Å². The van der Waals surface area contributed by atoms with E-state index >= 15 is 0 Å². The van der Waals surface area contributed by atoms with Crippen LogP contribution in [0, 0.1) is 12.8 Å². The number of halogens is 1. The van der Waals surface area contributed by atoms with E-state index in [1.165, 1.54) is 7.11 Å². The van der Waals surface area contributed by atoms with Crippen molar-refractivity contribution >= 4 is 30.0 Å². The quantitative estimate of drug-likeness (QED) is 0.801. The van der Waals surface area contributed by atoms with Crippen LogP contribution in [0.5, 0.6) is 5.75 Å². The Bertz CT molecular complexity index is 530. The first-order chi connectivity index (χ1) is 10.1. The predicted molar refractivity (Wildman–Crippen MR) is 85.5 cm³/mol. The number of carbonyl (C=O) groups is 2. The summed E-state index contributed by atoms with van der Waals surface area (Å²) >= 11 is 0. The predicted octanol–water partition coefficient (Wildman–Crippen LogP) is 1.52. The zero-order valence-corrected chi connectivity index (χ0v) is 13.5. The highest BCUT2D eigenvalue weighted by Gasteiger charge is 2.22. The van der Waals surface area contributed by atoms with E-state index in [1.807, 2.05) is 6.92 Å². The van der Waals surface area contributed by atoms with Crippen molar-refractivity contribution in [1.29, 1.82) is 0 Å². The number of nitrogens with one attached hydrogen (secondary N) is 2. The number of hydrogen-bond acceptors (Lipinski definition) is 5. The minimum Gasteiger partial charge on any atom is -0.482 e. The molecule has 1 amide bonds. The van der Waals surface area contributed by atoms with Crippen molar-refractivity contribution in [2.75, 3.05) is 32.1 Å². The van der Waals surface area contributed by atoms with Crippen molar-refractivity contribution in [3.63, 3.8) is 0 Å². The molecule has 1 unspecified atom stereocenters. The molecule has 0 radical (unpaired) electrons. The van der Waals surface area contributed by atoms with E-state index < -0.39 is 5.97 Å². The van der Waals surface area contributed by atoms with Gasteiger partial charge in [-0.2, -0.15) is 0 Å². The topological polar surface area (TPSA) is 76.7 Å². The molecule has 1 aromatic carbocycles. The van der Waals surface area contributed by atoms with Crippen molar-refractivity contribution in [3.8, 4) is 5.75 Å². The van der Waals surface area contributed by atoms with Gasteiger partial charge < -0.3 is 20.1 Å². The Morgan fingerprint density at radius 2 is 2.18 bits per heavy atom. The summed E-state index contributed by atoms with van der Waals surface area (Å²) in [5.41, 5.74) is 1.65. The van der Waals surface area contributed by atoms with Crippen LogP contribution < -0.4 is 15.4 Å².